The van der Waals surface area contributed by atoms with E-state index in [-0.39, 0.29) is 18.2 Å². The van der Waals surface area contributed by atoms with Crippen LogP contribution in [0.4, 0.5) is 5.69 Å². The van der Waals surface area contributed by atoms with Gasteiger partial charge in [-0.1, -0.05) is 48.0 Å². The molecule has 1 saturated heterocycles. The molecule has 1 atom stereocenters. The minimum atomic E-state index is -0.467. The normalized spacial score (nSPS) is 17.8. The average molecular weight is 329 g/mol. The predicted molar refractivity (Wildman–Crippen MR) is 90.5 cm³/mol. The number of hydrogen-bond donors (Lipinski definition) is 1. The monoisotopic (exact) mass is 328 g/mol. The van der Waals surface area contributed by atoms with Crippen LogP contribution in [0.15, 0.2) is 54.6 Å². The zero-order valence-electron chi connectivity index (χ0n) is 12.5. The number of amides is 2. The standard InChI is InChI=1S/C18H17ClN2O2/c19-14-7-4-8-15(11-14)21-17(22)12-16(18(21)23)20-10-9-13-5-2-1-3-6-13/h1-8,11,16,20H,9-10,12H2/t16-/m0/s1. The second-order valence-electron chi connectivity index (χ2n) is 5.49. The summed E-state index contributed by atoms with van der Waals surface area (Å²) >= 11 is 5.94. The summed E-state index contributed by atoms with van der Waals surface area (Å²) in [5, 5.41) is 3.68. The molecule has 2 aromatic carbocycles. The van der Waals surface area contributed by atoms with E-state index in [1.54, 1.807) is 24.3 Å². The summed E-state index contributed by atoms with van der Waals surface area (Å²) in [6.45, 7) is 0.650. The fraction of sp³-hybridized carbons (Fsp3) is 0.222. The third-order valence-corrected chi connectivity index (χ3v) is 4.10. The molecule has 1 heterocycles. The number of nitrogens with zero attached hydrogens (tertiary/aromatic N) is 1. The number of imide groups is 1. The van der Waals surface area contributed by atoms with E-state index in [9.17, 15) is 9.59 Å². The van der Waals surface area contributed by atoms with Gasteiger partial charge in [0.05, 0.1) is 18.2 Å². The lowest BCUT2D eigenvalue weighted by Gasteiger charge is -2.15. The number of benzene rings is 2. The molecule has 1 aliphatic heterocycles. The van der Waals surface area contributed by atoms with Crippen LogP contribution in [0.25, 0.3) is 0 Å². The Kier molecular flexibility index (Phi) is 4.74. The number of halogens is 1. The Morgan fingerprint density at radius 3 is 2.61 bits per heavy atom. The number of carbonyl (C=O) groups excluding carboxylic acids is 2. The predicted octanol–water partition coefficient (Wildman–Crippen LogP) is 2.80. The van der Waals surface area contributed by atoms with Crippen LogP contribution in [0, 0.1) is 0 Å². The smallest absolute Gasteiger partial charge is 0.251 e. The van der Waals surface area contributed by atoms with Crippen molar-refractivity contribution in [1.82, 2.24) is 5.32 Å². The van der Waals surface area contributed by atoms with Crippen LogP contribution in [0.1, 0.15) is 12.0 Å². The molecule has 2 aromatic rings. The number of rotatable bonds is 5. The first-order valence-electron chi connectivity index (χ1n) is 7.55. The molecule has 1 fully saturated rings. The van der Waals surface area contributed by atoms with Gasteiger partial charge in [0, 0.05) is 5.02 Å². The lowest BCUT2D eigenvalue weighted by Crippen LogP contribution is -2.39. The second-order valence-corrected chi connectivity index (χ2v) is 5.93. The summed E-state index contributed by atoms with van der Waals surface area (Å²) in [7, 11) is 0. The van der Waals surface area contributed by atoms with Gasteiger partial charge in [0.25, 0.3) is 5.91 Å². The Bertz CT molecular complexity index is 718. The third-order valence-electron chi connectivity index (χ3n) is 3.86. The van der Waals surface area contributed by atoms with Crippen molar-refractivity contribution >= 4 is 29.1 Å². The Morgan fingerprint density at radius 2 is 1.87 bits per heavy atom. The Morgan fingerprint density at radius 1 is 1.09 bits per heavy atom. The lowest BCUT2D eigenvalue weighted by molar-refractivity contribution is -0.121. The molecule has 1 aliphatic rings. The zero-order valence-corrected chi connectivity index (χ0v) is 13.3. The van der Waals surface area contributed by atoms with Crippen molar-refractivity contribution in [2.75, 3.05) is 11.4 Å². The number of carbonyl (C=O) groups is 2. The summed E-state index contributed by atoms with van der Waals surface area (Å²) in [5.41, 5.74) is 1.73. The first-order chi connectivity index (χ1) is 11.1. The number of anilines is 1. The summed E-state index contributed by atoms with van der Waals surface area (Å²) in [4.78, 5) is 25.8. The molecule has 0 radical (unpaired) electrons. The van der Waals surface area contributed by atoms with E-state index in [4.69, 9.17) is 11.6 Å². The van der Waals surface area contributed by atoms with Gasteiger partial charge in [0.2, 0.25) is 5.91 Å². The highest BCUT2D eigenvalue weighted by Gasteiger charge is 2.39. The van der Waals surface area contributed by atoms with Crippen molar-refractivity contribution < 1.29 is 9.59 Å². The van der Waals surface area contributed by atoms with Gasteiger partial charge in [-0.15, -0.1) is 0 Å². The van der Waals surface area contributed by atoms with Crippen molar-refractivity contribution in [2.24, 2.45) is 0 Å². The van der Waals surface area contributed by atoms with Gasteiger partial charge < -0.3 is 5.32 Å². The first kappa shape index (κ1) is 15.7. The van der Waals surface area contributed by atoms with Gasteiger partial charge in [-0.05, 0) is 36.7 Å². The number of hydrogen-bond acceptors (Lipinski definition) is 3. The quantitative estimate of drug-likeness (QED) is 0.859. The van der Waals surface area contributed by atoms with Crippen LogP contribution in [0.5, 0.6) is 0 Å². The maximum atomic E-state index is 12.5. The van der Waals surface area contributed by atoms with Crippen molar-refractivity contribution in [3.05, 3.63) is 65.2 Å². The maximum Gasteiger partial charge on any atom is 0.251 e. The fourth-order valence-corrected chi connectivity index (χ4v) is 2.90. The first-order valence-corrected chi connectivity index (χ1v) is 7.92. The van der Waals surface area contributed by atoms with Crippen molar-refractivity contribution in [3.63, 3.8) is 0 Å². The van der Waals surface area contributed by atoms with E-state index in [1.165, 1.54) is 10.5 Å². The molecule has 0 aromatic heterocycles. The van der Waals surface area contributed by atoms with Gasteiger partial charge in [0.15, 0.2) is 0 Å². The second kappa shape index (κ2) is 6.94. The lowest BCUT2D eigenvalue weighted by atomic mass is 10.1. The summed E-state index contributed by atoms with van der Waals surface area (Å²) in [6.07, 6.45) is 0.996. The number of nitrogens with one attached hydrogen (secondary N) is 1. The molecule has 1 N–H and O–H groups in total. The maximum absolute atomic E-state index is 12.5. The van der Waals surface area contributed by atoms with Crippen molar-refractivity contribution in [3.8, 4) is 0 Å². The van der Waals surface area contributed by atoms with E-state index in [2.05, 4.69) is 5.32 Å². The topological polar surface area (TPSA) is 49.4 Å². The summed E-state index contributed by atoms with van der Waals surface area (Å²) in [6, 6.07) is 16.4. The molecular formula is C18H17ClN2O2. The molecule has 0 unspecified atom stereocenters. The van der Waals surface area contributed by atoms with Crippen LogP contribution >= 0.6 is 11.6 Å². The van der Waals surface area contributed by atoms with E-state index in [1.807, 2.05) is 30.3 Å². The molecule has 3 rings (SSSR count). The Hall–Kier alpha value is -2.17. The Labute approximate surface area is 140 Å². The molecule has 0 saturated carbocycles. The summed E-state index contributed by atoms with van der Waals surface area (Å²) < 4.78 is 0. The molecule has 4 nitrogen and oxygen atoms in total. The van der Waals surface area contributed by atoms with Crippen LogP contribution in [-0.2, 0) is 16.0 Å². The average Bonchev–Trinajstić information content (AvgIpc) is 2.82. The molecule has 0 aliphatic carbocycles. The van der Waals surface area contributed by atoms with Gasteiger partial charge >= 0.3 is 0 Å². The van der Waals surface area contributed by atoms with Gasteiger partial charge in [-0.3, -0.25) is 9.59 Å². The van der Waals surface area contributed by atoms with E-state index < -0.39 is 6.04 Å². The van der Waals surface area contributed by atoms with Crippen molar-refractivity contribution in [2.45, 2.75) is 18.9 Å². The van der Waals surface area contributed by atoms with E-state index >= 15 is 0 Å². The van der Waals surface area contributed by atoms with Crippen LogP contribution in [-0.4, -0.2) is 24.4 Å². The molecule has 5 heteroatoms. The SMILES string of the molecule is O=C1C[C@H](NCCc2ccccc2)C(=O)N1c1cccc(Cl)c1. The zero-order chi connectivity index (χ0) is 16.2. The fourth-order valence-electron chi connectivity index (χ4n) is 2.71. The molecule has 23 heavy (non-hydrogen) atoms. The minimum absolute atomic E-state index is 0.181. The van der Waals surface area contributed by atoms with Gasteiger partial charge in [-0.2, -0.15) is 0 Å². The highest BCUT2D eigenvalue weighted by Crippen LogP contribution is 2.25. The van der Waals surface area contributed by atoms with Crippen LogP contribution in [0.3, 0.4) is 0 Å². The van der Waals surface area contributed by atoms with Crippen LogP contribution < -0.4 is 10.2 Å². The largest absolute Gasteiger partial charge is 0.305 e. The summed E-state index contributed by atoms with van der Waals surface area (Å²) in [5.74, 6) is -0.417. The van der Waals surface area contributed by atoms with Crippen molar-refractivity contribution in [1.29, 1.82) is 0 Å². The Balaban J connectivity index is 1.62. The van der Waals surface area contributed by atoms with Gasteiger partial charge in [0.1, 0.15) is 0 Å². The molecular weight excluding hydrogens is 312 g/mol. The molecule has 2 amide bonds. The third kappa shape index (κ3) is 3.60. The minimum Gasteiger partial charge on any atom is -0.305 e. The van der Waals surface area contributed by atoms with E-state index in [0.29, 0.717) is 17.3 Å². The highest BCUT2D eigenvalue weighted by molar-refractivity contribution is 6.31. The van der Waals surface area contributed by atoms with Gasteiger partial charge in [-0.25, -0.2) is 4.90 Å². The molecule has 0 bridgehead atoms. The molecule has 0 spiro atoms. The molecule has 118 valence electrons. The van der Waals surface area contributed by atoms with E-state index in [0.717, 1.165) is 6.42 Å². The van der Waals surface area contributed by atoms with Crippen LogP contribution in [0.2, 0.25) is 5.02 Å². The highest BCUT2D eigenvalue weighted by atomic mass is 35.5.